The average molecular weight is 302 g/mol. The van der Waals surface area contributed by atoms with Gasteiger partial charge in [0.25, 0.3) is 5.91 Å². The Bertz CT molecular complexity index is 636. The normalized spacial score (nSPS) is 14.2. The van der Waals surface area contributed by atoms with Gasteiger partial charge in [-0.3, -0.25) is 4.79 Å². The summed E-state index contributed by atoms with van der Waals surface area (Å²) < 4.78 is 0. The zero-order chi connectivity index (χ0) is 14.7. The van der Waals surface area contributed by atoms with Crippen LogP contribution < -0.4 is 10.2 Å². The molecule has 1 aromatic carbocycles. The highest BCUT2D eigenvalue weighted by atomic mass is 35.5. The number of halogens is 1. The van der Waals surface area contributed by atoms with Gasteiger partial charge in [-0.15, -0.1) is 0 Å². The number of rotatable bonds is 3. The number of hydrogen-bond acceptors (Lipinski definition) is 3. The molecule has 1 aromatic heterocycles. The molecular formula is C16H16ClN3O. The molecule has 5 heteroatoms. The topological polar surface area (TPSA) is 45.2 Å². The molecule has 2 aromatic rings. The fourth-order valence-corrected chi connectivity index (χ4v) is 2.61. The standard InChI is InChI=1S/C16H16ClN3O/c17-13-4-3-5-14(10-13)19-16(21)12-6-7-15(18-11-12)20-8-1-2-9-20/h3-7,10-11H,1-2,8-9H2,(H,19,21). The quantitative estimate of drug-likeness (QED) is 0.942. The van der Waals surface area contributed by atoms with Gasteiger partial charge in [-0.05, 0) is 43.2 Å². The molecule has 21 heavy (non-hydrogen) atoms. The fraction of sp³-hybridized carbons (Fsp3) is 0.250. The van der Waals surface area contributed by atoms with E-state index in [1.165, 1.54) is 12.8 Å². The first-order valence-electron chi connectivity index (χ1n) is 7.00. The molecule has 0 atom stereocenters. The molecule has 0 spiro atoms. The van der Waals surface area contributed by atoms with E-state index in [9.17, 15) is 4.79 Å². The van der Waals surface area contributed by atoms with Crippen molar-refractivity contribution in [3.05, 3.63) is 53.2 Å². The lowest BCUT2D eigenvalue weighted by Gasteiger charge is -2.16. The van der Waals surface area contributed by atoms with Gasteiger partial charge in [0.1, 0.15) is 5.82 Å². The number of aromatic nitrogens is 1. The van der Waals surface area contributed by atoms with Crippen LogP contribution in [0.25, 0.3) is 0 Å². The highest BCUT2D eigenvalue weighted by molar-refractivity contribution is 6.30. The van der Waals surface area contributed by atoms with Gasteiger partial charge in [0.2, 0.25) is 0 Å². The minimum absolute atomic E-state index is 0.183. The number of hydrogen-bond donors (Lipinski definition) is 1. The van der Waals surface area contributed by atoms with E-state index in [2.05, 4.69) is 15.2 Å². The molecule has 1 saturated heterocycles. The number of nitrogens with one attached hydrogen (secondary N) is 1. The molecule has 0 saturated carbocycles. The Labute approximate surface area is 128 Å². The van der Waals surface area contributed by atoms with Gasteiger partial charge in [0, 0.05) is 30.0 Å². The summed E-state index contributed by atoms with van der Waals surface area (Å²) in [5, 5.41) is 3.40. The SMILES string of the molecule is O=C(Nc1cccc(Cl)c1)c1ccc(N2CCCC2)nc1. The predicted molar refractivity (Wildman–Crippen MR) is 85.1 cm³/mol. The molecule has 1 amide bonds. The first kappa shape index (κ1) is 13.9. The molecule has 4 nitrogen and oxygen atoms in total. The van der Waals surface area contributed by atoms with Crippen LogP contribution in [0.4, 0.5) is 11.5 Å². The minimum Gasteiger partial charge on any atom is -0.357 e. The summed E-state index contributed by atoms with van der Waals surface area (Å²) in [6, 6.07) is 10.8. The molecule has 1 aliphatic rings. The highest BCUT2D eigenvalue weighted by Crippen LogP contribution is 2.19. The Balaban J connectivity index is 1.70. The number of anilines is 2. The predicted octanol–water partition coefficient (Wildman–Crippen LogP) is 3.59. The Kier molecular flexibility index (Phi) is 4.06. The lowest BCUT2D eigenvalue weighted by atomic mass is 10.2. The van der Waals surface area contributed by atoms with Crippen LogP contribution >= 0.6 is 11.6 Å². The van der Waals surface area contributed by atoms with E-state index in [0.717, 1.165) is 18.9 Å². The van der Waals surface area contributed by atoms with E-state index in [1.54, 1.807) is 36.5 Å². The van der Waals surface area contributed by atoms with Crippen LogP contribution in [-0.2, 0) is 0 Å². The van der Waals surface area contributed by atoms with Crippen LogP contribution in [-0.4, -0.2) is 24.0 Å². The van der Waals surface area contributed by atoms with Crippen molar-refractivity contribution >= 4 is 29.0 Å². The van der Waals surface area contributed by atoms with Gasteiger partial charge in [-0.2, -0.15) is 0 Å². The fourth-order valence-electron chi connectivity index (χ4n) is 2.42. The molecule has 0 unspecified atom stereocenters. The molecule has 1 aliphatic heterocycles. The van der Waals surface area contributed by atoms with Crippen molar-refractivity contribution in [2.45, 2.75) is 12.8 Å². The van der Waals surface area contributed by atoms with Gasteiger partial charge < -0.3 is 10.2 Å². The number of carbonyl (C=O) groups is 1. The van der Waals surface area contributed by atoms with Crippen molar-refractivity contribution in [1.82, 2.24) is 4.98 Å². The van der Waals surface area contributed by atoms with Crippen LogP contribution in [0.15, 0.2) is 42.6 Å². The van der Waals surface area contributed by atoms with E-state index >= 15 is 0 Å². The Morgan fingerprint density at radius 3 is 2.67 bits per heavy atom. The van der Waals surface area contributed by atoms with Crippen molar-refractivity contribution in [2.75, 3.05) is 23.3 Å². The first-order chi connectivity index (χ1) is 10.2. The highest BCUT2D eigenvalue weighted by Gasteiger charge is 2.14. The summed E-state index contributed by atoms with van der Waals surface area (Å²) in [5.74, 6) is 0.754. The molecule has 1 fully saturated rings. The maximum Gasteiger partial charge on any atom is 0.257 e. The number of benzene rings is 1. The van der Waals surface area contributed by atoms with E-state index in [0.29, 0.717) is 16.3 Å². The lowest BCUT2D eigenvalue weighted by Crippen LogP contribution is -2.19. The largest absolute Gasteiger partial charge is 0.357 e. The summed E-state index contributed by atoms with van der Waals surface area (Å²) in [6.45, 7) is 2.09. The average Bonchev–Trinajstić information content (AvgIpc) is 3.01. The Hall–Kier alpha value is -2.07. The molecule has 1 N–H and O–H groups in total. The van der Waals surface area contributed by atoms with Crippen molar-refractivity contribution in [3.8, 4) is 0 Å². The van der Waals surface area contributed by atoms with Crippen molar-refractivity contribution in [3.63, 3.8) is 0 Å². The van der Waals surface area contributed by atoms with Crippen molar-refractivity contribution < 1.29 is 4.79 Å². The van der Waals surface area contributed by atoms with E-state index in [4.69, 9.17) is 11.6 Å². The van der Waals surface area contributed by atoms with Gasteiger partial charge in [0.05, 0.1) is 5.56 Å². The third kappa shape index (κ3) is 3.34. The van der Waals surface area contributed by atoms with Gasteiger partial charge in [0.15, 0.2) is 0 Å². The summed E-state index contributed by atoms with van der Waals surface area (Å²) in [7, 11) is 0. The maximum absolute atomic E-state index is 12.2. The summed E-state index contributed by atoms with van der Waals surface area (Å²) >= 11 is 5.90. The minimum atomic E-state index is -0.183. The lowest BCUT2D eigenvalue weighted by molar-refractivity contribution is 0.102. The summed E-state index contributed by atoms with van der Waals surface area (Å²) in [4.78, 5) is 18.8. The second kappa shape index (κ2) is 6.14. The van der Waals surface area contributed by atoms with E-state index in [1.807, 2.05) is 6.07 Å². The second-order valence-electron chi connectivity index (χ2n) is 5.06. The first-order valence-corrected chi connectivity index (χ1v) is 7.38. The monoisotopic (exact) mass is 301 g/mol. The van der Waals surface area contributed by atoms with Crippen LogP contribution in [0.3, 0.4) is 0 Å². The zero-order valence-electron chi connectivity index (χ0n) is 11.6. The summed E-state index contributed by atoms with van der Waals surface area (Å²) in [5.41, 5.74) is 1.22. The number of amides is 1. The van der Waals surface area contributed by atoms with Gasteiger partial charge in [-0.1, -0.05) is 17.7 Å². The van der Waals surface area contributed by atoms with E-state index < -0.39 is 0 Å². The van der Waals surface area contributed by atoms with Crippen molar-refractivity contribution in [2.24, 2.45) is 0 Å². The maximum atomic E-state index is 12.2. The smallest absolute Gasteiger partial charge is 0.257 e. The third-order valence-corrected chi connectivity index (χ3v) is 3.76. The molecule has 2 heterocycles. The van der Waals surface area contributed by atoms with Crippen LogP contribution in [0.2, 0.25) is 5.02 Å². The third-order valence-electron chi connectivity index (χ3n) is 3.52. The second-order valence-corrected chi connectivity index (χ2v) is 5.50. The van der Waals surface area contributed by atoms with Gasteiger partial charge >= 0.3 is 0 Å². The van der Waals surface area contributed by atoms with Crippen molar-refractivity contribution in [1.29, 1.82) is 0 Å². The molecule has 0 aliphatic carbocycles. The summed E-state index contributed by atoms with van der Waals surface area (Å²) in [6.07, 6.45) is 4.03. The Morgan fingerprint density at radius 1 is 1.19 bits per heavy atom. The number of pyridine rings is 1. The molecule has 108 valence electrons. The Morgan fingerprint density at radius 2 is 2.00 bits per heavy atom. The molecule has 0 radical (unpaired) electrons. The van der Waals surface area contributed by atoms with E-state index in [-0.39, 0.29) is 5.91 Å². The number of carbonyl (C=O) groups excluding carboxylic acids is 1. The van der Waals surface area contributed by atoms with Gasteiger partial charge in [-0.25, -0.2) is 4.98 Å². The van der Waals surface area contributed by atoms with Crippen LogP contribution in [0.1, 0.15) is 23.2 Å². The molecular weight excluding hydrogens is 286 g/mol. The molecule has 0 bridgehead atoms. The zero-order valence-corrected chi connectivity index (χ0v) is 12.3. The van der Waals surface area contributed by atoms with Crippen LogP contribution in [0.5, 0.6) is 0 Å². The van der Waals surface area contributed by atoms with Crippen LogP contribution in [0, 0.1) is 0 Å². The number of nitrogens with zero attached hydrogens (tertiary/aromatic N) is 2. The molecule has 3 rings (SSSR count).